The summed E-state index contributed by atoms with van der Waals surface area (Å²) in [4.78, 5) is 8.44. The van der Waals surface area contributed by atoms with Crippen LogP contribution in [0.3, 0.4) is 0 Å². The first-order valence-corrected chi connectivity index (χ1v) is 7.56. The molecule has 21 heavy (non-hydrogen) atoms. The first-order valence-electron chi connectivity index (χ1n) is 6.10. The molecule has 1 aromatic carbocycles. The van der Waals surface area contributed by atoms with Gasteiger partial charge in [0, 0.05) is 5.56 Å². The van der Waals surface area contributed by atoms with Crippen LogP contribution in [0.2, 0.25) is 5.15 Å². The highest BCUT2D eigenvalue weighted by molar-refractivity contribution is 14.1. The Morgan fingerprint density at radius 3 is 2.43 bits per heavy atom. The van der Waals surface area contributed by atoms with Crippen LogP contribution in [0.25, 0.3) is 11.4 Å². The Balaban J connectivity index is 2.57. The first-order chi connectivity index (χ1) is 9.70. The minimum atomic E-state index is -4.40. The normalized spacial score (nSPS) is 12.0. The minimum absolute atomic E-state index is 0.0990. The van der Waals surface area contributed by atoms with E-state index in [-0.39, 0.29) is 16.9 Å². The van der Waals surface area contributed by atoms with E-state index in [1.54, 1.807) is 0 Å². The van der Waals surface area contributed by atoms with Gasteiger partial charge in [0.2, 0.25) is 0 Å². The number of hydrogen-bond donors (Lipinski definition) is 0. The summed E-state index contributed by atoms with van der Waals surface area (Å²) in [5.74, 6) is 0.303. The van der Waals surface area contributed by atoms with E-state index in [0.717, 1.165) is 21.4 Å². The highest BCUT2D eigenvalue weighted by Crippen LogP contribution is 2.33. The highest BCUT2D eigenvalue weighted by Gasteiger charge is 2.30. The molecule has 112 valence electrons. The van der Waals surface area contributed by atoms with Crippen molar-refractivity contribution in [3.8, 4) is 11.4 Å². The molecule has 0 atom stereocenters. The van der Waals surface area contributed by atoms with Crippen molar-refractivity contribution in [1.82, 2.24) is 9.97 Å². The van der Waals surface area contributed by atoms with E-state index in [1.807, 2.05) is 36.4 Å². The molecule has 0 amide bonds. The van der Waals surface area contributed by atoms with Gasteiger partial charge < -0.3 is 0 Å². The lowest BCUT2D eigenvalue weighted by Crippen LogP contribution is -2.06. The maximum Gasteiger partial charge on any atom is 0.416 e. The summed E-state index contributed by atoms with van der Waals surface area (Å²) >= 11 is 8.10. The van der Waals surface area contributed by atoms with Crippen LogP contribution in [0.15, 0.2) is 24.3 Å². The minimum Gasteiger partial charge on any atom is -0.232 e. The second kappa shape index (κ2) is 6.08. The first kappa shape index (κ1) is 16.5. The smallest absolute Gasteiger partial charge is 0.232 e. The Labute approximate surface area is 138 Å². The fourth-order valence-electron chi connectivity index (χ4n) is 1.78. The van der Waals surface area contributed by atoms with Crippen LogP contribution in [-0.2, 0) is 6.18 Å². The van der Waals surface area contributed by atoms with Gasteiger partial charge >= 0.3 is 6.18 Å². The van der Waals surface area contributed by atoms with Crippen molar-refractivity contribution in [3.63, 3.8) is 0 Å². The zero-order chi connectivity index (χ0) is 15.8. The summed E-state index contributed by atoms with van der Waals surface area (Å²) < 4.78 is 39.0. The van der Waals surface area contributed by atoms with Gasteiger partial charge in [0.05, 0.1) is 14.8 Å². The highest BCUT2D eigenvalue weighted by atomic mass is 127. The van der Waals surface area contributed by atoms with E-state index in [1.165, 1.54) is 12.1 Å². The maximum atomic E-state index is 12.8. The third-order valence-corrected chi connectivity index (χ3v) is 4.49. The molecule has 1 aromatic heterocycles. The fourth-order valence-corrected chi connectivity index (χ4v) is 2.82. The van der Waals surface area contributed by atoms with Gasteiger partial charge in [-0.25, -0.2) is 9.97 Å². The molecular formula is C14H11ClF3IN2. The Morgan fingerprint density at radius 2 is 1.86 bits per heavy atom. The van der Waals surface area contributed by atoms with Gasteiger partial charge in [0.1, 0.15) is 5.15 Å². The van der Waals surface area contributed by atoms with Gasteiger partial charge in [-0.2, -0.15) is 13.2 Å². The van der Waals surface area contributed by atoms with Gasteiger partial charge in [-0.3, -0.25) is 0 Å². The summed E-state index contributed by atoms with van der Waals surface area (Å²) in [6.07, 6.45) is -4.40. The second-order valence-corrected chi connectivity index (χ2v) is 6.21. The average Bonchev–Trinajstić information content (AvgIpc) is 2.40. The van der Waals surface area contributed by atoms with Crippen molar-refractivity contribution in [2.75, 3.05) is 0 Å². The molecule has 0 aliphatic rings. The zero-order valence-electron chi connectivity index (χ0n) is 11.2. The van der Waals surface area contributed by atoms with E-state index < -0.39 is 11.7 Å². The largest absolute Gasteiger partial charge is 0.416 e. The molecule has 2 aromatic rings. The van der Waals surface area contributed by atoms with Crippen LogP contribution in [0, 0.1) is 3.57 Å². The lowest BCUT2D eigenvalue weighted by Gasteiger charge is -2.12. The monoisotopic (exact) mass is 426 g/mol. The van der Waals surface area contributed by atoms with Crippen molar-refractivity contribution in [2.45, 2.75) is 25.9 Å². The van der Waals surface area contributed by atoms with Gasteiger partial charge in [-0.15, -0.1) is 0 Å². The van der Waals surface area contributed by atoms with Crippen molar-refractivity contribution >= 4 is 34.2 Å². The summed E-state index contributed by atoms with van der Waals surface area (Å²) in [7, 11) is 0. The molecule has 0 aliphatic carbocycles. The molecular weight excluding hydrogens is 416 g/mol. The SMILES string of the molecule is CC(C)c1nc(-c2cccc(C(F)(F)F)c2)nc(Cl)c1I. The molecule has 0 saturated heterocycles. The summed E-state index contributed by atoms with van der Waals surface area (Å²) in [5, 5.41) is 0.252. The van der Waals surface area contributed by atoms with Crippen LogP contribution in [0.5, 0.6) is 0 Å². The molecule has 0 aliphatic heterocycles. The molecule has 0 unspecified atom stereocenters. The number of aromatic nitrogens is 2. The van der Waals surface area contributed by atoms with Gasteiger partial charge in [0.15, 0.2) is 5.82 Å². The van der Waals surface area contributed by atoms with Crippen LogP contribution >= 0.6 is 34.2 Å². The number of nitrogens with zero attached hydrogens (tertiary/aromatic N) is 2. The van der Waals surface area contributed by atoms with E-state index in [2.05, 4.69) is 9.97 Å². The van der Waals surface area contributed by atoms with Gasteiger partial charge in [0.25, 0.3) is 0 Å². The van der Waals surface area contributed by atoms with Crippen molar-refractivity contribution < 1.29 is 13.2 Å². The Kier molecular flexibility index (Phi) is 4.77. The average molecular weight is 427 g/mol. The maximum absolute atomic E-state index is 12.8. The molecule has 0 fully saturated rings. The van der Waals surface area contributed by atoms with E-state index >= 15 is 0 Å². The third kappa shape index (κ3) is 3.66. The van der Waals surface area contributed by atoms with E-state index in [0.29, 0.717) is 5.56 Å². The molecule has 7 heteroatoms. The predicted molar refractivity (Wildman–Crippen MR) is 84.3 cm³/mol. The summed E-state index contributed by atoms with van der Waals surface area (Å²) in [6, 6.07) is 4.92. The molecule has 2 nitrogen and oxygen atoms in total. The molecule has 0 bridgehead atoms. The number of alkyl halides is 3. The molecule has 0 radical (unpaired) electrons. The van der Waals surface area contributed by atoms with E-state index in [4.69, 9.17) is 11.6 Å². The number of benzene rings is 1. The molecule has 0 spiro atoms. The summed E-state index contributed by atoms with van der Waals surface area (Å²) in [6.45, 7) is 3.88. The number of rotatable bonds is 2. The van der Waals surface area contributed by atoms with Gasteiger partial charge in [-0.05, 0) is 40.6 Å². The molecule has 2 rings (SSSR count). The molecule has 0 N–H and O–H groups in total. The van der Waals surface area contributed by atoms with Crippen molar-refractivity contribution in [3.05, 3.63) is 44.2 Å². The van der Waals surface area contributed by atoms with Crippen LogP contribution < -0.4 is 0 Å². The van der Waals surface area contributed by atoms with E-state index in [9.17, 15) is 13.2 Å². The topological polar surface area (TPSA) is 25.8 Å². The number of halogens is 5. The third-order valence-electron chi connectivity index (χ3n) is 2.83. The lowest BCUT2D eigenvalue weighted by molar-refractivity contribution is -0.137. The Hall–Kier alpha value is -0.890. The number of hydrogen-bond acceptors (Lipinski definition) is 2. The molecule has 1 heterocycles. The Morgan fingerprint density at radius 1 is 1.19 bits per heavy atom. The lowest BCUT2D eigenvalue weighted by atomic mass is 10.1. The zero-order valence-corrected chi connectivity index (χ0v) is 14.1. The second-order valence-electron chi connectivity index (χ2n) is 4.77. The van der Waals surface area contributed by atoms with Crippen LogP contribution in [0.4, 0.5) is 13.2 Å². The molecule has 0 saturated carbocycles. The summed E-state index contributed by atoms with van der Waals surface area (Å²) in [5.41, 5.74) is 0.289. The quantitative estimate of drug-likeness (QED) is 0.465. The van der Waals surface area contributed by atoms with Crippen molar-refractivity contribution in [1.29, 1.82) is 0 Å². The standard InChI is InChI=1S/C14H11ClF3IN2/c1-7(2)11-10(19)12(15)21-13(20-11)8-4-3-5-9(6-8)14(16,17)18/h3-7H,1-2H3. The fraction of sp³-hybridized carbons (Fsp3) is 0.286. The van der Waals surface area contributed by atoms with Crippen LogP contribution in [-0.4, -0.2) is 9.97 Å². The van der Waals surface area contributed by atoms with Crippen molar-refractivity contribution in [2.24, 2.45) is 0 Å². The predicted octanol–water partition coefficient (Wildman–Crippen LogP) is 5.54. The van der Waals surface area contributed by atoms with Gasteiger partial charge in [-0.1, -0.05) is 37.6 Å². The van der Waals surface area contributed by atoms with Crippen LogP contribution in [0.1, 0.15) is 31.0 Å². The Bertz CT molecular complexity index is 672.